The minimum atomic E-state index is -0.982. The third-order valence-corrected chi connectivity index (χ3v) is 4.36. The number of fused-ring (bicyclic) bond motifs is 1. The molecular formula is C10H13IO4. The van der Waals surface area contributed by atoms with E-state index >= 15 is 0 Å². The van der Waals surface area contributed by atoms with Gasteiger partial charge in [-0.15, -0.1) is 0 Å². The molecule has 1 saturated carbocycles. The lowest BCUT2D eigenvalue weighted by Gasteiger charge is -2.21. The van der Waals surface area contributed by atoms with Gasteiger partial charge in [0.25, 0.3) is 0 Å². The summed E-state index contributed by atoms with van der Waals surface area (Å²) in [5, 5.41) is 0. The van der Waals surface area contributed by atoms with Crippen LogP contribution < -0.4 is 0 Å². The molecule has 3 atom stereocenters. The van der Waals surface area contributed by atoms with Crippen LogP contribution in [-0.2, 0) is 19.1 Å². The average Bonchev–Trinajstić information content (AvgIpc) is 2.78. The summed E-state index contributed by atoms with van der Waals surface area (Å²) in [4.78, 5) is 23.6. The molecule has 0 spiro atoms. The van der Waals surface area contributed by atoms with E-state index in [9.17, 15) is 9.59 Å². The predicted octanol–water partition coefficient (Wildman–Crippen LogP) is 1.31. The van der Waals surface area contributed by atoms with Gasteiger partial charge in [0.15, 0.2) is 5.41 Å². The number of halogens is 1. The molecule has 2 fully saturated rings. The Morgan fingerprint density at radius 1 is 1.73 bits per heavy atom. The number of alkyl halides is 1. The van der Waals surface area contributed by atoms with E-state index in [2.05, 4.69) is 22.6 Å². The Labute approximate surface area is 102 Å². The third kappa shape index (κ3) is 1.38. The monoisotopic (exact) mass is 324 g/mol. The molecule has 0 radical (unpaired) electrons. The van der Waals surface area contributed by atoms with Crippen LogP contribution >= 0.6 is 22.6 Å². The van der Waals surface area contributed by atoms with Crippen LogP contribution in [0.4, 0.5) is 0 Å². The van der Waals surface area contributed by atoms with Crippen molar-refractivity contribution in [3.63, 3.8) is 0 Å². The van der Waals surface area contributed by atoms with Crippen LogP contribution in [0.15, 0.2) is 0 Å². The lowest BCUT2D eigenvalue weighted by atomic mass is 9.78. The van der Waals surface area contributed by atoms with Crippen molar-refractivity contribution in [1.29, 1.82) is 0 Å². The molecule has 0 amide bonds. The van der Waals surface area contributed by atoms with Gasteiger partial charge in [-0.05, 0) is 12.8 Å². The number of methoxy groups -OCH3 is 1. The zero-order chi connectivity index (χ0) is 11.1. The Kier molecular flexibility index (Phi) is 2.92. The van der Waals surface area contributed by atoms with Crippen molar-refractivity contribution in [2.75, 3.05) is 11.5 Å². The first-order chi connectivity index (χ1) is 7.16. The molecule has 0 unspecified atom stereocenters. The molecule has 0 aromatic carbocycles. The summed E-state index contributed by atoms with van der Waals surface area (Å²) < 4.78 is 10.8. The van der Waals surface area contributed by atoms with Gasteiger partial charge in [-0.2, -0.15) is 0 Å². The number of ether oxygens (including phenoxy) is 2. The number of rotatable bonds is 2. The lowest BCUT2D eigenvalue weighted by Crippen LogP contribution is -2.39. The summed E-state index contributed by atoms with van der Waals surface area (Å²) >= 11 is 2.19. The SMILES string of the molecule is COC(=O)[C@@]12CCC[C@@H]1[C@@H](CI)OC2=O. The van der Waals surface area contributed by atoms with E-state index < -0.39 is 11.4 Å². The molecule has 1 aliphatic heterocycles. The normalized spacial score (nSPS) is 38.7. The minimum Gasteiger partial charge on any atom is -0.468 e. The smallest absolute Gasteiger partial charge is 0.324 e. The number of esters is 2. The molecule has 1 heterocycles. The molecular weight excluding hydrogens is 311 g/mol. The molecule has 0 aromatic heterocycles. The van der Waals surface area contributed by atoms with E-state index in [0.29, 0.717) is 6.42 Å². The standard InChI is InChI=1S/C10H13IO4/c1-14-8(12)10-4-2-3-6(10)7(5-11)15-9(10)13/h6-7H,2-5H2,1H3/t6-,7-,10-/m1/s1. The van der Waals surface area contributed by atoms with Gasteiger partial charge in [-0.3, -0.25) is 9.59 Å². The summed E-state index contributed by atoms with van der Waals surface area (Å²) in [6.45, 7) is 0. The highest BCUT2D eigenvalue weighted by molar-refractivity contribution is 14.1. The number of hydrogen-bond donors (Lipinski definition) is 0. The van der Waals surface area contributed by atoms with Crippen LogP contribution in [0.3, 0.4) is 0 Å². The largest absolute Gasteiger partial charge is 0.468 e. The van der Waals surface area contributed by atoms with E-state index in [-0.39, 0.29) is 18.0 Å². The molecule has 0 N–H and O–H groups in total. The Bertz CT molecular complexity index is 304. The minimum absolute atomic E-state index is 0.0225. The molecule has 2 rings (SSSR count). The Hall–Kier alpha value is -0.330. The van der Waals surface area contributed by atoms with Crippen molar-refractivity contribution >= 4 is 34.5 Å². The van der Waals surface area contributed by atoms with Gasteiger partial charge in [0, 0.05) is 10.3 Å². The first kappa shape index (κ1) is 11.2. The zero-order valence-electron chi connectivity index (χ0n) is 8.49. The molecule has 1 aliphatic carbocycles. The van der Waals surface area contributed by atoms with Crippen LogP contribution in [0.25, 0.3) is 0 Å². The van der Waals surface area contributed by atoms with E-state index in [1.807, 2.05) is 0 Å². The molecule has 5 heteroatoms. The second kappa shape index (κ2) is 3.92. The van der Waals surface area contributed by atoms with Crippen LogP contribution in [0.1, 0.15) is 19.3 Å². The maximum absolute atomic E-state index is 11.8. The first-order valence-corrected chi connectivity index (χ1v) is 6.55. The van der Waals surface area contributed by atoms with Crippen LogP contribution in [-0.4, -0.2) is 29.6 Å². The van der Waals surface area contributed by atoms with E-state index in [4.69, 9.17) is 9.47 Å². The van der Waals surface area contributed by atoms with Crippen molar-refractivity contribution in [1.82, 2.24) is 0 Å². The molecule has 4 nitrogen and oxygen atoms in total. The highest BCUT2D eigenvalue weighted by Crippen LogP contribution is 2.52. The first-order valence-electron chi connectivity index (χ1n) is 5.02. The molecule has 2 aliphatic rings. The summed E-state index contributed by atoms with van der Waals surface area (Å²) in [7, 11) is 1.33. The number of carbonyl (C=O) groups excluding carboxylic acids is 2. The maximum Gasteiger partial charge on any atom is 0.324 e. The molecule has 0 aromatic rings. The summed E-state index contributed by atoms with van der Waals surface area (Å²) in [6, 6.07) is 0. The number of cyclic esters (lactones) is 1. The number of hydrogen-bond acceptors (Lipinski definition) is 4. The second-order valence-corrected chi connectivity index (χ2v) is 4.94. The summed E-state index contributed by atoms with van der Waals surface area (Å²) in [6.07, 6.45) is 2.26. The van der Waals surface area contributed by atoms with Gasteiger partial charge in [-0.25, -0.2) is 0 Å². The predicted molar refractivity (Wildman–Crippen MR) is 60.6 cm³/mol. The van der Waals surface area contributed by atoms with Crippen LogP contribution in [0.5, 0.6) is 0 Å². The molecule has 0 bridgehead atoms. The highest BCUT2D eigenvalue weighted by Gasteiger charge is 2.64. The fraction of sp³-hybridized carbons (Fsp3) is 0.800. The van der Waals surface area contributed by atoms with Crippen LogP contribution in [0, 0.1) is 11.3 Å². The molecule has 84 valence electrons. The Balaban J connectivity index is 2.35. The van der Waals surface area contributed by atoms with E-state index in [1.54, 1.807) is 0 Å². The zero-order valence-corrected chi connectivity index (χ0v) is 10.7. The lowest BCUT2D eigenvalue weighted by molar-refractivity contribution is -0.163. The molecule has 15 heavy (non-hydrogen) atoms. The van der Waals surface area contributed by atoms with E-state index in [1.165, 1.54) is 7.11 Å². The fourth-order valence-corrected chi connectivity index (χ4v) is 3.57. The second-order valence-electron chi connectivity index (χ2n) is 4.06. The summed E-state index contributed by atoms with van der Waals surface area (Å²) in [5.41, 5.74) is -0.982. The van der Waals surface area contributed by atoms with Gasteiger partial charge < -0.3 is 9.47 Å². The third-order valence-electron chi connectivity index (χ3n) is 3.49. The van der Waals surface area contributed by atoms with Crippen molar-refractivity contribution < 1.29 is 19.1 Å². The van der Waals surface area contributed by atoms with Gasteiger partial charge in [-0.1, -0.05) is 29.0 Å². The maximum atomic E-state index is 11.8. The van der Waals surface area contributed by atoms with E-state index in [0.717, 1.165) is 17.3 Å². The Morgan fingerprint density at radius 2 is 2.47 bits per heavy atom. The van der Waals surface area contributed by atoms with Crippen molar-refractivity contribution in [3.8, 4) is 0 Å². The number of carbonyl (C=O) groups is 2. The van der Waals surface area contributed by atoms with Gasteiger partial charge in [0.2, 0.25) is 0 Å². The quantitative estimate of drug-likeness (QED) is 0.333. The van der Waals surface area contributed by atoms with Gasteiger partial charge in [0.05, 0.1) is 7.11 Å². The van der Waals surface area contributed by atoms with Gasteiger partial charge >= 0.3 is 11.9 Å². The molecule has 1 saturated heterocycles. The summed E-state index contributed by atoms with van der Waals surface area (Å²) in [5.74, 6) is -0.768. The average molecular weight is 324 g/mol. The van der Waals surface area contributed by atoms with Crippen LogP contribution in [0.2, 0.25) is 0 Å². The van der Waals surface area contributed by atoms with Gasteiger partial charge in [0.1, 0.15) is 6.10 Å². The Morgan fingerprint density at radius 3 is 3.07 bits per heavy atom. The fourth-order valence-electron chi connectivity index (χ4n) is 2.77. The topological polar surface area (TPSA) is 52.6 Å². The van der Waals surface area contributed by atoms with Crippen molar-refractivity contribution in [3.05, 3.63) is 0 Å². The van der Waals surface area contributed by atoms with Crippen molar-refractivity contribution in [2.24, 2.45) is 11.3 Å². The van der Waals surface area contributed by atoms with Crippen molar-refractivity contribution in [2.45, 2.75) is 25.4 Å². The highest BCUT2D eigenvalue weighted by atomic mass is 127.